The van der Waals surface area contributed by atoms with Gasteiger partial charge >= 0.3 is 0 Å². The van der Waals surface area contributed by atoms with Crippen molar-refractivity contribution >= 4 is 0 Å². The molecule has 10 heteroatoms. The molecule has 0 bridgehead atoms. The molecular weight excluding hydrogens is 492 g/mol. The largest absolute Gasteiger partial charge is 0.394 e. The lowest BCUT2D eigenvalue weighted by molar-refractivity contribution is -0.319. The molecule has 10 nitrogen and oxygen atoms in total. The highest BCUT2D eigenvalue weighted by Crippen LogP contribution is 2.49. The maximum absolute atomic E-state index is 11.3. The van der Waals surface area contributed by atoms with Gasteiger partial charge in [-0.1, -0.05) is 27.7 Å². The maximum atomic E-state index is 11.3. The van der Waals surface area contributed by atoms with Gasteiger partial charge in [-0.2, -0.15) is 0 Å². The number of hydrogen-bond donors (Lipinski definition) is 5. The van der Waals surface area contributed by atoms with Crippen LogP contribution in [0.3, 0.4) is 0 Å². The van der Waals surface area contributed by atoms with Gasteiger partial charge in [-0.3, -0.25) is 10.2 Å². The molecule has 4 aliphatic heterocycles. The van der Waals surface area contributed by atoms with E-state index in [1.54, 1.807) is 0 Å². The van der Waals surface area contributed by atoms with E-state index in [1.165, 1.54) is 0 Å². The van der Waals surface area contributed by atoms with Crippen LogP contribution in [0.15, 0.2) is 0 Å². The van der Waals surface area contributed by atoms with Gasteiger partial charge in [0.15, 0.2) is 0 Å². The number of rotatable bonds is 12. The van der Waals surface area contributed by atoms with Crippen LogP contribution in [0.4, 0.5) is 0 Å². The van der Waals surface area contributed by atoms with Gasteiger partial charge < -0.3 is 39.4 Å². The lowest BCUT2D eigenvalue weighted by atomic mass is 9.62. The molecule has 5 N–H and O–H groups in total. The highest BCUT2D eigenvalue weighted by atomic mass is 16.6. The van der Waals surface area contributed by atoms with Crippen LogP contribution in [0.25, 0.3) is 0 Å². The quantitative estimate of drug-likeness (QED) is 0.238. The fourth-order valence-electron chi connectivity index (χ4n) is 7.14. The molecule has 4 rings (SSSR count). The van der Waals surface area contributed by atoms with Crippen LogP contribution in [-0.4, -0.2) is 129 Å². The average Bonchev–Trinajstić information content (AvgIpc) is 2.87. The lowest BCUT2D eigenvalue weighted by Crippen LogP contribution is -2.89. The van der Waals surface area contributed by atoms with E-state index in [0.29, 0.717) is 19.3 Å². The van der Waals surface area contributed by atoms with Crippen molar-refractivity contribution in [2.45, 2.75) is 145 Å². The number of nitrogens with zero attached hydrogens (tertiary/aromatic N) is 1. The smallest absolute Gasteiger partial charge is 0.117 e. The monoisotopic (exact) mass is 544 g/mol. The van der Waals surface area contributed by atoms with Gasteiger partial charge in [0.25, 0.3) is 0 Å². The summed E-state index contributed by atoms with van der Waals surface area (Å²) < 4.78 is 25.8. The first-order valence-corrected chi connectivity index (χ1v) is 14.6. The van der Waals surface area contributed by atoms with Gasteiger partial charge in [0.1, 0.15) is 23.9 Å². The molecule has 11 atom stereocenters. The highest BCUT2D eigenvalue weighted by Gasteiger charge is 2.68. The Morgan fingerprint density at radius 1 is 1.08 bits per heavy atom. The third-order valence-corrected chi connectivity index (χ3v) is 10.2. The molecule has 4 saturated heterocycles. The second-order valence-corrected chi connectivity index (χ2v) is 12.7. The van der Waals surface area contributed by atoms with E-state index in [2.05, 4.69) is 24.1 Å². The van der Waals surface area contributed by atoms with E-state index >= 15 is 0 Å². The Bertz CT molecular complexity index is 806. The van der Waals surface area contributed by atoms with Crippen molar-refractivity contribution in [1.29, 1.82) is 0 Å². The van der Waals surface area contributed by atoms with Crippen LogP contribution in [-0.2, 0) is 18.9 Å². The van der Waals surface area contributed by atoms with Gasteiger partial charge in [0.2, 0.25) is 0 Å². The zero-order chi connectivity index (χ0) is 28.1. The lowest BCUT2D eigenvalue weighted by Gasteiger charge is -2.67. The number of aliphatic hydroxyl groups is 4. The Morgan fingerprint density at radius 3 is 2.32 bits per heavy atom. The minimum absolute atomic E-state index is 0.0336. The molecule has 0 aromatic rings. The summed E-state index contributed by atoms with van der Waals surface area (Å²) in [4.78, 5) is 2.19. The molecule has 4 aliphatic rings. The predicted molar refractivity (Wildman–Crippen MR) is 142 cm³/mol. The Balaban J connectivity index is 1.50. The number of hydrogen-bond acceptors (Lipinski definition) is 10. The Kier molecular flexibility index (Phi) is 8.94. The van der Waals surface area contributed by atoms with Crippen LogP contribution in [0.5, 0.6) is 0 Å². The zero-order valence-electron chi connectivity index (χ0n) is 24.4. The second kappa shape index (κ2) is 11.1. The van der Waals surface area contributed by atoms with Crippen LogP contribution in [0.2, 0.25) is 0 Å². The number of likely N-dealkylation sites (tertiary alicyclic amines) is 1. The van der Waals surface area contributed by atoms with Gasteiger partial charge in [0.05, 0.1) is 67.0 Å². The van der Waals surface area contributed by atoms with E-state index in [1.807, 2.05) is 34.6 Å². The number of nitrogens with one attached hydrogen (secondary N) is 1. The van der Waals surface area contributed by atoms with E-state index < -0.39 is 52.9 Å². The molecule has 0 amide bonds. The molecule has 0 aromatic carbocycles. The fourth-order valence-corrected chi connectivity index (χ4v) is 7.14. The summed E-state index contributed by atoms with van der Waals surface area (Å²) in [5.74, 6) is 0. The van der Waals surface area contributed by atoms with Crippen molar-refractivity contribution in [3.05, 3.63) is 0 Å². The third-order valence-electron chi connectivity index (χ3n) is 10.2. The number of ether oxygens (including phenoxy) is 4. The zero-order valence-corrected chi connectivity index (χ0v) is 24.4. The first-order valence-electron chi connectivity index (χ1n) is 14.6. The van der Waals surface area contributed by atoms with Crippen molar-refractivity contribution < 1.29 is 39.4 Å². The number of likely N-dealkylation sites (N-methyl/N-ethyl adjacent to an activating group) is 1. The van der Waals surface area contributed by atoms with Crippen molar-refractivity contribution in [1.82, 2.24) is 10.2 Å². The standard InChI is InChI=1S/C28H52N2O8/c1-8-25(5,6)38-23-19(14-31)36-24-20(22(23)34)29-28(24,10-3)26(7,9-2)35-16-27(15-32)12-17(33)21-18(37-27)13-30(21)11-4/h17-24,29,31-34H,8-16H2,1-7H3. The molecule has 11 unspecified atom stereocenters. The molecule has 0 aliphatic carbocycles. The van der Waals surface area contributed by atoms with E-state index in [-0.39, 0.29) is 38.0 Å². The Hall–Kier alpha value is -0.400. The molecule has 222 valence electrons. The Labute approximate surface area is 228 Å². The molecule has 0 saturated carbocycles. The second-order valence-electron chi connectivity index (χ2n) is 12.7. The van der Waals surface area contributed by atoms with E-state index in [0.717, 1.165) is 19.5 Å². The fraction of sp³-hybridized carbons (Fsp3) is 1.00. The number of fused-ring (bicyclic) bond motifs is 2. The topological polar surface area (TPSA) is 133 Å². The molecule has 0 radical (unpaired) electrons. The molecular formula is C28H52N2O8. The van der Waals surface area contributed by atoms with Crippen molar-refractivity contribution in [2.24, 2.45) is 0 Å². The average molecular weight is 545 g/mol. The summed E-state index contributed by atoms with van der Waals surface area (Å²) in [6, 6.07) is -0.395. The molecule has 0 aromatic heterocycles. The summed E-state index contributed by atoms with van der Waals surface area (Å²) in [5.41, 5.74) is -2.81. The van der Waals surface area contributed by atoms with Gasteiger partial charge in [-0.25, -0.2) is 0 Å². The van der Waals surface area contributed by atoms with Crippen LogP contribution >= 0.6 is 0 Å². The normalized spacial score (nSPS) is 44.9. The van der Waals surface area contributed by atoms with Gasteiger partial charge in [-0.05, 0) is 46.6 Å². The van der Waals surface area contributed by atoms with Crippen molar-refractivity contribution in [3.63, 3.8) is 0 Å². The number of aliphatic hydroxyl groups excluding tert-OH is 4. The highest BCUT2D eigenvalue weighted by molar-refractivity contribution is 5.24. The summed E-state index contributed by atoms with van der Waals surface area (Å²) in [6.07, 6.45) is -0.912. The summed E-state index contributed by atoms with van der Waals surface area (Å²) in [7, 11) is 0. The van der Waals surface area contributed by atoms with Crippen molar-refractivity contribution in [3.8, 4) is 0 Å². The molecule has 4 heterocycles. The summed E-state index contributed by atoms with van der Waals surface area (Å²) in [5, 5.41) is 46.4. The minimum atomic E-state index is -0.986. The third kappa shape index (κ3) is 4.86. The van der Waals surface area contributed by atoms with Crippen LogP contribution in [0, 0.1) is 0 Å². The van der Waals surface area contributed by atoms with Gasteiger partial charge in [-0.15, -0.1) is 0 Å². The summed E-state index contributed by atoms with van der Waals surface area (Å²) in [6.45, 7) is 15.4. The first-order chi connectivity index (χ1) is 17.9. The molecule has 38 heavy (non-hydrogen) atoms. The van der Waals surface area contributed by atoms with Crippen LogP contribution < -0.4 is 5.32 Å². The van der Waals surface area contributed by atoms with Crippen LogP contribution in [0.1, 0.15) is 74.1 Å². The van der Waals surface area contributed by atoms with Crippen molar-refractivity contribution in [2.75, 3.05) is 32.9 Å². The molecule has 0 spiro atoms. The summed E-state index contributed by atoms with van der Waals surface area (Å²) >= 11 is 0. The first kappa shape index (κ1) is 30.6. The molecule has 4 fully saturated rings. The Morgan fingerprint density at radius 2 is 1.79 bits per heavy atom. The SMILES string of the molecule is CCN1CC2OC(CO)(COC(C)(CC)C3(CC)NC4C(O)C(OC(C)(C)CC)C(CO)OC43)CC(O)C21. The predicted octanol–water partition coefficient (Wildman–Crippen LogP) is 0.572. The van der Waals surface area contributed by atoms with E-state index in [9.17, 15) is 20.4 Å². The minimum Gasteiger partial charge on any atom is -0.394 e. The van der Waals surface area contributed by atoms with E-state index in [4.69, 9.17) is 18.9 Å². The maximum Gasteiger partial charge on any atom is 0.117 e. The van der Waals surface area contributed by atoms with Gasteiger partial charge in [0, 0.05) is 13.0 Å².